The van der Waals surface area contributed by atoms with E-state index in [1.807, 2.05) is 55.3 Å². The van der Waals surface area contributed by atoms with Crippen LogP contribution in [0.2, 0.25) is 5.02 Å². The van der Waals surface area contributed by atoms with Crippen molar-refractivity contribution in [1.29, 1.82) is 0 Å². The molecule has 5 nitrogen and oxygen atoms in total. The summed E-state index contributed by atoms with van der Waals surface area (Å²) in [5.74, 6) is 1.23. The number of nitrogens with zero attached hydrogens (tertiary/aromatic N) is 1. The summed E-state index contributed by atoms with van der Waals surface area (Å²) in [7, 11) is 5.08. The number of aryl methyl sites for hydroxylation is 1. The molecule has 0 saturated carbocycles. The molecule has 1 N–H and O–H groups in total. The van der Waals surface area contributed by atoms with Crippen LogP contribution in [0.4, 0.5) is 5.69 Å². The van der Waals surface area contributed by atoms with E-state index in [1.165, 1.54) is 0 Å². The number of anilines is 1. The summed E-state index contributed by atoms with van der Waals surface area (Å²) < 4.78 is 10.5. The van der Waals surface area contributed by atoms with E-state index in [9.17, 15) is 4.79 Å². The molecule has 25 heavy (non-hydrogen) atoms. The summed E-state index contributed by atoms with van der Waals surface area (Å²) in [4.78, 5) is 14.1. The Morgan fingerprint density at radius 2 is 1.84 bits per heavy atom. The highest BCUT2D eigenvalue weighted by Gasteiger charge is 2.11. The molecule has 0 spiro atoms. The van der Waals surface area contributed by atoms with Crippen molar-refractivity contribution in [3.8, 4) is 11.5 Å². The number of hydrogen-bond acceptors (Lipinski definition) is 4. The van der Waals surface area contributed by atoms with Gasteiger partial charge in [0.15, 0.2) is 11.5 Å². The number of carbonyl (C=O) groups excluding carboxylic acids is 1. The van der Waals surface area contributed by atoms with Crippen LogP contribution in [-0.4, -0.2) is 38.6 Å². The average molecular weight is 363 g/mol. The molecule has 2 rings (SSSR count). The first-order valence-corrected chi connectivity index (χ1v) is 8.26. The van der Waals surface area contributed by atoms with E-state index < -0.39 is 0 Å². The summed E-state index contributed by atoms with van der Waals surface area (Å²) >= 11 is 6.15. The highest BCUT2D eigenvalue weighted by molar-refractivity contribution is 6.33. The zero-order valence-corrected chi connectivity index (χ0v) is 15.7. The number of rotatable bonds is 7. The van der Waals surface area contributed by atoms with Gasteiger partial charge in [0, 0.05) is 6.54 Å². The molecule has 6 heteroatoms. The minimum atomic E-state index is -0.117. The van der Waals surface area contributed by atoms with E-state index in [2.05, 4.69) is 5.32 Å². The molecule has 2 aromatic carbocycles. The molecule has 2 aromatic rings. The molecule has 0 saturated heterocycles. The third-order valence-corrected chi connectivity index (χ3v) is 4.03. The van der Waals surface area contributed by atoms with Gasteiger partial charge in [-0.05, 0) is 49.4 Å². The number of hydrogen-bond donors (Lipinski definition) is 1. The van der Waals surface area contributed by atoms with Crippen molar-refractivity contribution < 1.29 is 14.3 Å². The zero-order chi connectivity index (χ0) is 18.4. The van der Waals surface area contributed by atoms with Gasteiger partial charge in [0.05, 0.1) is 31.5 Å². The quantitative estimate of drug-likeness (QED) is 0.815. The number of methoxy groups -OCH3 is 2. The third-order valence-electron chi connectivity index (χ3n) is 3.71. The number of carbonyl (C=O) groups is 1. The molecule has 0 fully saturated rings. The van der Waals surface area contributed by atoms with Gasteiger partial charge in [-0.15, -0.1) is 0 Å². The Labute approximate surface area is 153 Å². The number of nitrogens with one attached hydrogen (secondary N) is 1. The maximum atomic E-state index is 12.2. The van der Waals surface area contributed by atoms with Gasteiger partial charge >= 0.3 is 0 Å². The maximum Gasteiger partial charge on any atom is 0.238 e. The topological polar surface area (TPSA) is 50.8 Å². The molecule has 0 atom stereocenters. The average Bonchev–Trinajstić information content (AvgIpc) is 2.57. The first-order valence-electron chi connectivity index (χ1n) is 7.88. The van der Waals surface area contributed by atoms with Crippen molar-refractivity contribution in [3.63, 3.8) is 0 Å². The molecule has 0 aliphatic rings. The van der Waals surface area contributed by atoms with E-state index in [4.69, 9.17) is 21.1 Å². The van der Waals surface area contributed by atoms with Crippen LogP contribution in [0.1, 0.15) is 11.1 Å². The number of amides is 1. The van der Waals surface area contributed by atoms with E-state index >= 15 is 0 Å². The number of ether oxygens (including phenoxy) is 2. The van der Waals surface area contributed by atoms with Gasteiger partial charge in [-0.3, -0.25) is 9.69 Å². The second-order valence-corrected chi connectivity index (χ2v) is 6.30. The summed E-state index contributed by atoms with van der Waals surface area (Å²) in [6.45, 7) is 2.81. The van der Waals surface area contributed by atoms with Crippen LogP contribution >= 0.6 is 11.6 Å². The normalized spacial score (nSPS) is 10.6. The van der Waals surface area contributed by atoms with Crippen molar-refractivity contribution in [3.05, 3.63) is 52.5 Å². The lowest BCUT2D eigenvalue weighted by molar-refractivity contribution is -0.117. The molecule has 0 unspecified atom stereocenters. The van der Waals surface area contributed by atoms with Gasteiger partial charge in [0.1, 0.15) is 0 Å². The summed E-state index contributed by atoms with van der Waals surface area (Å²) in [5, 5.41) is 3.38. The van der Waals surface area contributed by atoms with Gasteiger partial charge in [-0.25, -0.2) is 0 Å². The van der Waals surface area contributed by atoms with Gasteiger partial charge < -0.3 is 14.8 Å². The second kappa shape index (κ2) is 8.74. The van der Waals surface area contributed by atoms with Crippen molar-refractivity contribution >= 4 is 23.2 Å². The lowest BCUT2D eigenvalue weighted by atomic mass is 10.2. The summed E-state index contributed by atoms with van der Waals surface area (Å²) in [6, 6.07) is 11.3. The van der Waals surface area contributed by atoms with Crippen LogP contribution in [0, 0.1) is 6.92 Å². The molecule has 134 valence electrons. The Morgan fingerprint density at radius 3 is 2.48 bits per heavy atom. The van der Waals surface area contributed by atoms with Gasteiger partial charge in [0.2, 0.25) is 5.91 Å². The fourth-order valence-electron chi connectivity index (χ4n) is 2.50. The standard InChI is InChI=1S/C19H23ClN2O3/c1-13-5-7-16(15(20)9-13)21-19(23)12-22(2)11-14-6-8-17(24-3)18(10-14)25-4/h5-10H,11-12H2,1-4H3,(H,21,23). The fraction of sp³-hybridized carbons (Fsp3) is 0.316. The molecule has 0 radical (unpaired) electrons. The molecule has 0 heterocycles. The minimum Gasteiger partial charge on any atom is -0.493 e. The van der Waals surface area contributed by atoms with Crippen molar-refractivity contribution in [2.75, 3.05) is 33.1 Å². The summed E-state index contributed by atoms with van der Waals surface area (Å²) in [6.07, 6.45) is 0. The van der Waals surface area contributed by atoms with E-state index in [0.717, 1.165) is 11.1 Å². The van der Waals surface area contributed by atoms with Crippen molar-refractivity contribution in [2.45, 2.75) is 13.5 Å². The Morgan fingerprint density at radius 1 is 1.12 bits per heavy atom. The molecule has 0 aromatic heterocycles. The Hall–Kier alpha value is -2.24. The van der Waals surface area contributed by atoms with Crippen LogP contribution in [0.15, 0.2) is 36.4 Å². The first kappa shape index (κ1) is 19.1. The number of likely N-dealkylation sites (N-methyl/N-ethyl adjacent to an activating group) is 1. The van der Waals surface area contributed by atoms with Crippen LogP contribution in [0.25, 0.3) is 0 Å². The smallest absolute Gasteiger partial charge is 0.238 e. The van der Waals surface area contributed by atoms with E-state index in [0.29, 0.717) is 28.8 Å². The molecule has 0 bridgehead atoms. The molecule has 0 aliphatic heterocycles. The zero-order valence-electron chi connectivity index (χ0n) is 14.9. The largest absolute Gasteiger partial charge is 0.493 e. The highest BCUT2D eigenvalue weighted by Crippen LogP contribution is 2.28. The maximum absolute atomic E-state index is 12.2. The fourth-order valence-corrected chi connectivity index (χ4v) is 2.79. The minimum absolute atomic E-state index is 0.117. The van der Waals surface area contributed by atoms with Gasteiger partial charge in [-0.1, -0.05) is 23.7 Å². The van der Waals surface area contributed by atoms with Gasteiger partial charge in [-0.2, -0.15) is 0 Å². The van der Waals surface area contributed by atoms with Gasteiger partial charge in [0.25, 0.3) is 0 Å². The Bertz CT molecular complexity index is 749. The lowest BCUT2D eigenvalue weighted by Crippen LogP contribution is -2.29. The Kier molecular flexibility index (Phi) is 6.67. The highest BCUT2D eigenvalue weighted by atomic mass is 35.5. The summed E-state index contributed by atoms with van der Waals surface area (Å²) in [5.41, 5.74) is 2.70. The Balaban J connectivity index is 1.95. The number of benzene rings is 2. The molecular weight excluding hydrogens is 340 g/mol. The van der Waals surface area contributed by atoms with Crippen LogP contribution < -0.4 is 14.8 Å². The van der Waals surface area contributed by atoms with Crippen LogP contribution in [0.5, 0.6) is 11.5 Å². The third kappa shape index (κ3) is 5.37. The molecule has 1 amide bonds. The second-order valence-electron chi connectivity index (χ2n) is 5.89. The van der Waals surface area contributed by atoms with Crippen LogP contribution in [0.3, 0.4) is 0 Å². The monoisotopic (exact) mass is 362 g/mol. The number of halogens is 1. The predicted molar refractivity (Wildman–Crippen MR) is 101 cm³/mol. The van der Waals surface area contributed by atoms with E-state index in [1.54, 1.807) is 14.2 Å². The van der Waals surface area contributed by atoms with Crippen molar-refractivity contribution in [1.82, 2.24) is 4.90 Å². The van der Waals surface area contributed by atoms with Crippen molar-refractivity contribution in [2.24, 2.45) is 0 Å². The molecule has 0 aliphatic carbocycles. The van der Waals surface area contributed by atoms with Crippen LogP contribution in [-0.2, 0) is 11.3 Å². The first-order chi connectivity index (χ1) is 11.9. The van der Waals surface area contributed by atoms with E-state index in [-0.39, 0.29) is 12.5 Å². The molecular formula is C19H23ClN2O3. The predicted octanol–water partition coefficient (Wildman–Crippen LogP) is 3.74. The SMILES string of the molecule is COc1ccc(CN(C)CC(=O)Nc2ccc(C)cc2Cl)cc1OC. The lowest BCUT2D eigenvalue weighted by Gasteiger charge is -2.18.